The molecular weight excluding hydrogens is 458 g/mol. The summed E-state index contributed by atoms with van der Waals surface area (Å²) in [5.41, 5.74) is 1.83. The maximum absolute atomic E-state index is 12.8. The third kappa shape index (κ3) is 6.31. The molecule has 4 rings (SSSR count). The number of carbonyl (C=O) groups excluding carboxylic acids is 1. The van der Waals surface area contributed by atoms with E-state index in [0.717, 1.165) is 43.7 Å². The van der Waals surface area contributed by atoms with Gasteiger partial charge in [0.05, 0.1) is 18.6 Å². The minimum Gasteiger partial charge on any atom is -0.492 e. The van der Waals surface area contributed by atoms with Gasteiger partial charge in [-0.05, 0) is 78.2 Å². The van der Waals surface area contributed by atoms with Gasteiger partial charge in [0.25, 0.3) is 0 Å². The Balaban J connectivity index is 1.31. The van der Waals surface area contributed by atoms with Crippen LogP contribution in [-0.2, 0) is 30.2 Å². The largest absolute Gasteiger partial charge is 0.492 e. The molecular formula is C29H43NO6. The van der Waals surface area contributed by atoms with Crippen LogP contribution in [0.5, 0.6) is 5.75 Å². The minimum absolute atomic E-state index is 0.0390. The number of ether oxygens (including phenoxy) is 5. The highest BCUT2D eigenvalue weighted by Crippen LogP contribution is 2.59. The number of methoxy groups -OCH3 is 1. The first-order valence-electron chi connectivity index (χ1n) is 13.2. The van der Waals surface area contributed by atoms with Crippen LogP contribution in [0.15, 0.2) is 35.9 Å². The molecule has 200 valence electrons. The normalized spacial score (nSPS) is 32.9. The Morgan fingerprint density at radius 3 is 2.56 bits per heavy atom. The number of epoxide rings is 2. The highest BCUT2D eigenvalue weighted by molar-refractivity contribution is 5.70. The Morgan fingerprint density at radius 1 is 1.22 bits per heavy atom. The summed E-state index contributed by atoms with van der Waals surface area (Å²) in [5, 5.41) is 0. The average Bonchev–Trinajstić information content (AvgIpc) is 3.75. The SMILES string of the molecule is COC1[C@H](OC(=O)CCc2ccc(OCCN(C)C)cc2)CCC2(CO2)[C@H]1[C@@]1(C)O[C@@H]1CC=C(C)C. The number of aryl methyl sites for hydroxylation is 1. The first-order valence-corrected chi connectivity index (χ1v) is 13.2. The maximum atomic E-state index is 12.8. The van der Waals surface area contributed by atoms with Crippen LogP contribution in [0.1, 0.15) is 52.0 Å². The molecule has 2 heterocycles. The fourth-order valence-corrected chi connectivity index (χ4v) is 5.64. The Hall–Kier alpha value is -1.93. The number of hydrogen-bond donors (Lipinski definition) is 0. The number of carbonyl (C=O) groups is 1. The molecule has 0 aromatic heterocycles. The van der Waals surface area contributed by atoms with E-state index in [0.29, 0.717) is 19.4 Å². The van der Waals surface area contributed by atoms with E-state index < -0.39 is 0 Å². The van der Waals surface area contributed by atoms with Crippen LogP contribution < -0.4 is 4.74 Å². The van der Waals surface area contributed by atoms with Gasteiger partial charge in [0.2, 0.25) is 0 Å². The van der Waals surface area contributed by atoms with Crippen LogP contribution in [0.2, 0.25) is 0 Å². The molecule has 1 aromatic carbocycles. The lowest BCUT2D eigenvalue weighted by Gasteiger charge is -2.42. The summed E-state index contributed by atoms with van der Waals surface area (Å²) < 4.78 is 30.0. The Labute approximate surface area is 216 Å². The second-order valence-electron chi connectivity index (χ2n) is 11.2. The quantitative estimate of drug-likeness (QED) is 0.242. The maximum Gasteiger partial charge on any atom is 0.306 e. The van der Waals surface area contributed by atoms with Crippen LogP contribution in [0.3, 0.4) is 0 Å². The molecule has 2 unspecified atom stereocenters. The third-order valence-electron chi connectivity index (χ3n) is 7.87. The van der Waals surface area contributed by atoms with E-state index in [4.69, 9.17) is 23.7 Å². The molecule has 0 radical (unpaired) electrons. The van der Waals surface area contributed by atoms with E-state index in [2.05, 4.69) is 31.7 Å². The van der Waals surface area contributed by atoms with Crippen molar-refractivity contribution in [3.63, 3.8) is 0 Å². The van der Waals surface area contributed by atoms with Crippen LogP contribution in [0.25, 0.3) is 0 Å². The molecule has 1 saturated carbocycles. The van der Waals surface area contributed by atoms with Gasteiger partial charge in [-0.1, -0.05) is 23.8 Å². The summed E-state index contributed by atoms with van der Waals surface area (Å²) in [6.45, 7) is 8.61. The molecule has 2 aliphatic heterocycles. The van der Waals surface area contributed by atoms with Gasteiger partial charge in [-0.15, -0.1) is 0 Å². The van der Waals surface area contributed by atoms with E-state index in [9.17, 15) is 4.79 Å². The molecule has 1 aliphatic carbocycles. The third-order valence-corrected chi connectivity index (χ3v) is 7.87. The van der Waals surface area contributed by atoms with Crippen LogP contribution in [0.4, 0.5) is 0 Å². The van der Waals surface area contributed by atoms with Gasteiger partial charge in [-0.25, -0.2) is 0 Å². The van der Waals surface area contributed by atoms with Crippen molar-refractivity contribution < 1.29 is 28.5 Å². The van der Waals surface area contributed by atoms with E-state index in [1.54, 1.807) is 7.11 Å². The molecule has 7 nitrogen and oxygen atoms in total. The lowest BCUT2D eigenvalue weighted by molar-refractivity contribution is -0.171. The molecule has 0 N–H and O–H groups in total. The highest BCUT2D eigenvalue weighted by Gasteiger charge is 2.72. The number of allylic oxidation sites excluding steroid dienone is 1. The van der Waals surface area contributed by atoms with Crippen molar-refractivity contribution in [1.29, 1.82) is 0 Å². The van der Waals surface area contributed by atoms with Gasteiger partial charge in [-0.3, -0.25) is 4.79 Å². The van der Waals surface area contributed by atoms with Crippen molar-refractivity contribution in [3.8, 4) is 5.75 Å². The fraction of sp³-hybridized carbons (Fsp3) is 0.690. The summed E-state index contributed by atoms with van der Waals surface area (Å²) in [6, 6.07) is 7.94. The van der Waals surface area contributed by atoms with Gasteiger partial charge >= 0.3 is 5.97 Å². The van der Waals surface area contributed by atoms with Gasteiger partial charge in [0.15, 0.2) is 0 Å². The minimum atomic E-state index is -0.329. The zero-order chi connectivity index (χ0) is 25.9. The predicted octanol–water partition coefficient (Wildman–Crippen LogP) is 4.18. The molecule has 2 saturated heterocycles. The predicted molar refractivity (Wildman–Crippen MR) is 138 cm³/mol. The van der Waals surface area contributed by atoms with Gasteiger partial charge < -0.3 is 28.6 Å². The topological polar surface area (TPSA) is 73.1 Å². The first kappa shape index (κ1) is 27.1. The second-order valence-corrected chi connectivity index (χ2v) is 11.2. The Kier molecular flexibility index (Phi) is 8.45. The summed E-state index contributed by atoms with van der Waals surface area (Å²) in [5.74, 6) is 0.689. The molecule has 3 aliphatic rings. The zero-order valence-corrected chi connectivity index (χ0v) is 22.7. The first-order chi connectivity index (χ1) is 17.2. The summed E-state index contributed by atoms with van der Waals surface area (Å²) >= 11 is 0. The number of hydrogen-bond acceptors (Lipinski definition) is 7. The van der Waals surface area contributed by atoms with E-state index in [-0.39, 0.29) is 41.4 Å². The second kappa shape index (κ2) is 11.2. The Morgan fingerprint density at radius 2 is 1.94 bits per heavy atom. The van der Waals surface area contributed by atoms with Crippen molar-refractivity contribution in [2.75, 3.05) is 41.0 Å². The molecule has 0 amide bonds. The number of rotatable bonds is 12. The number of nitrogens with zero attached hydrogens (tertiary/aromatic N) is 1. The van der Waals surface area contributed by atoms with E-state index >= 15 is 0 Å². The van der Waals surface area contributed by atoms with E-state index in [1.165, 1.54) is 5.57 Å². The molecule has 1 aromatic rings. The van der Waals surface area contributed by atoms with Crippen molar-refractivity contribution >= 4 is 5.97 Å². The molecule has 6 atom stereocenters. The monoisotopic (exact) mass is 501 g/mol. The highest BCUT2D eigenvalue weighted by atomic mass is 16.6. The molecule has 3 fully saturated rings. The van der Waals surface area contributed by atoms with Crippen LogP contribution in [-0.4, -0.2) is 81.3 Å². The number of esters is 1. The van der Waals surface area contributed by atoms with Crippen LogP contribution in [0, 0.1) is 5.92 Å². The molecule has 36 heavy (non-hydrogen) atoms. The molecule has 0 bridgehead atoms. The standard InChI is InChI=1S/C29H43NO6/c1-20(2)7-13-24-28(3,36-24)27-26(32-6)23(15-16-29(27)19-34-29)35-25(31)14-10-21-8-11-22(12-9-21)33-18-17-30(4)5/h7-9,11-12,23-24,26-27H,10,13-19H2,1-6H3/t23-,24-,26?,27-,28+,29?/m1/s1. The molecule has 1 spiro atoms. The number of likely N-dealkylation sites (N-methyl/N-ethyl adjacent to an activating group) is 1. The van der Waals surface area contributed by atoms with Crippen molar-refractivity contribution in [2.45, 2.75) is 82.4 Å². The lowest BCUT2D eigenvalue weighted by Crippen LogP contribution is -2.55. The molecule has 7 heteroatoms. The van der Waals surface area contributed by atoms with Gasteiger partial charge in [0, 0.05) is 20.1 Å². The average molecular weight is 502 g/mol. The fourth-order valence-electron chi connectivity index (χ4n) is 5.64. The summed E-state index contributed by atoms with van der Waals surface area (Å²) in [4.78, 5) is 14.9. The van der Waals surface area contributed by atoms with E-state index in [1.807, 2.05) is 38.4 Å². The lowest BCUT2D eigenvalue weighted by atomic mass is 9.68. The van der Waals surface area contributed by atoms with Crippen molar-refractivity contribution in [1.82, 2.24) is 4.90 Å². The van der Waals surface area contributed by atoms with Gasteiger partial charge in [0.1, 0.15) is 35.8 Å². The summed E-state index contributed by atoms with van der Waals surface area (Å²) in [7, 11) is 5.75. The van der Waals surface area contributed by atoms with Gasteiger partial charge in [-0.2, -0.15) is 0 Å². The number of benzene rings is 1. The van der Waals surface area contributed by atoms with Crippen LogP contribution >= 0.6 is 0 Å². The van der Waals surface area contributed by atoms with Crippen molar-refractivity contribution in [3.05, 3.63) is 41.5 Å². The smallest absolute Gasteiger partial charge is 0.306 e. The summed E-state index contributed by atoms with van der Waals surface area (Å²) in [6.07, 6.45) is 5.27. The zero-order valence-electron chi connectivity index (χ0n) is 22.7. The Bertz CT molecular complexity index is 920. The van der Waals surface area contributed by atoms with Crippen molar-refractivity contribution in [2.24, 2.45) is 5.92 Å².